The molecule has 1 aliphatic heterocycles. The van der Waals surface area contributed by atoms with Gasteiger partial charge in [0, 0.05) is 12.6 Å². The average molecular weight is 258 g/mol. The Hall–Kier alpha value is -0.810. The SMILES string of the molecule is CC(C)N(C)[C@@H]1CN(C(=O)OC(C)(C)C)C[C@H]1O. The van der Waals surface area contributed by atoms with E-state index in [2.05, 4.69) is 18.7 Å². The van der Waals surface area contributed by atoms with E-state index in [0.29, 0.717) is 19.1 Å². The molecule has 0 unspecified atom stereocenters. The number of carbonyl (C=O) groups excluding carboxylic acids is 1. The number of likely N-dealkylation sites (tertiary alicyclic amines) is 1. The molecule has 5 heteroatoms. The lowest BCUT2D eigenvalue weighted by atomic mass is 10.1. The molecule has 0 radical (unpaired) electrons. The maximum absolute atomic E-state index is 11.9. The molecule has 0 aliphatic carbocycles. The Balaban J connectivity index is 2.61. The van der Waals surface area contributed by atoms with Crippen LogP contribution in [0.3, 0.4) is 0 Å². The third-order valence-electron chi connectivity index (χ3n) is 3.25. The van der Waals surface area contributed by atoms with Crippen LogP contribution in [0.1, 0.15) is 34.6 Å². The molecule has 0 aromatic carbocycles. The van der Waals surface area contributed by atoms with E-state index in [-0.39, 0.29) is 12.1 Å². The number of β-amino-alcohol motifs (C(OH)–C–C–N with tert-alkyl or cyclic N) is 1. The van der Waals surface area contributed by atoms with Crippen LogP contribution in [0.15, 0.2) is 0 Å². The van der Waals surface area contributed by atoms with Crippen molar-refractivity contribution >= 4 is 6.09 Å². The zero-order chi connectivity index (χ0) is 14.1. The quantitative estimate of drug-likeness (QED) is 0.811. The summed E-state index contributed by atoms with van der Waals surface area (Å²) in [6, 6.07) is 0.320. The Morgan fingerprint density at radius 1 is 1.39 bits per heavy atom. The number of aliphatic hydroxyl groups excluding tert-OH is 1. The van der Waals surface area contributed by atoms with Gasteiger partial charge in [-0.05, 0) is 41.7 Å². The second-order valence-corrected chi connectivity index (χ2v) is 6.28. The van der Waals surface area contributed by atoms with E-state index < -0.39 is 11.7 Å². The number of hydrogen-bond donors (Lipinski definition) is 1. The minimum absolute atomic E-state index is 0.0162. The number of hydrogen-bond acceptors (Lipinski definition) is 4. The van der Waals surface area contributed by atoms with E-state index in [1.807, 2.05) is 27.8 Å². The summed E-state index contributed by atoms with van der Waals surface area (Å²) in [7, 11) is 1.97. The highest BCUT2D eigenvalue weighted by Gasteiger charge is 2.38. The summed E-state index contributed by atoms with van der Waals surface area (Å²) in [5, 5.41) is 10.0. The highest BCUT2D eigenvalue weighted by molar-refractivity contribution is 5.68. The summed E-state index contributed by atoms with van der Waals surface area (Å²) >= 11 is 0. The van der Waals surface area contributed by atoms with Gasteiger partial charge >= 0.3 is 6.09 Å². The van der Waals surface area contributed by atoms with Gasteiger partial charge in [0.15, 0.2) is 0 Å². The van der Waals surface area contributed by atoms with Gasteiger partial charge in [-0.1, -0.05) is 0 Å². The lowest BCUT2D eigenvalue weighted by Crippen LogP contribution is -2.44. The van der Waals surface area contributed by atoms with Crippen molar-refractivity contribution in [1.29, 1.82) is 0 Å². The van der Waals surface area contributed by atoms with Crippen LogP contribution in [0.2, 0.25) is 0 Å². The molecule has 1 heterocycles. The summed E-state index contributed by atoms with van der Waals surface area (Å²) in [4.78, 5) is 15.6. The molecule has 2 atom stereocenters. The van der Waals surface area contributed by atoms with Gasteiger partial charge in [-0.15, -0.1) is 0 Å². The van der Waals surface area contributed by atoms with Crippen molar-refractivity contribution < 1.29 is 14.6 Å². The van der Waals surface area contributed by atoms with Crippen molar-refractivity contribution in [3.63, 3.8) is 0 Å². The van der Waals surface area contributed by atoms with Crippen molar-refractivity contribution in [2.45, 2.75) is 58.4 Å². The standard InChI is InChI=1S/C13H26N2O3/c1-9(2)14(6)10-7-15(8-11(10)16)12(17)18-13(3,4)5/h9-11,16H,7-8H2,1-6H3/t10-,11-/m1/s1. The zero-order valence-electron chi connectivity index (χ0n) is 12.3. The van der Waals surface area contributed by atoms with Crippen molar-refractivity contribution in [2.75, 3.05) is 20.1 Å². The van der Waals surface area contributed by atoms with Gasteiger partial charge in [-0.25, -0.2) is 4.79 Å². The van der Waals surface area contributed by atoms with Gasteiger partial charge < -0.3 is 14.7 Å². The molecule has 1 N–H and O–H groups in total. The van der Waals surface area contributed by atoms with E-state index in [4.69, 9.17) is 4.74 Å². The van der Waals surface area contributed by atoms with E-state index in [1.165, 1.54) is 0 Å². The number of likely N-dealkylation sites (N-methyl/N-ethyl adjacent to an activating group) is 1. The van der Waals surface area contributed by atoms with Crippen molar-refractivity contribution in [1.82, 2.24) is 9.80 Å². The number of nitrogens with zero attached hydrogens (tertiary/aromatic N) is 2. The van der Waals surface area contributed by atoms with E-state index in [9.17, 15) is 9.90 Å². The smallest absolute Gasteiger partial charge is 0.410 e. The molecule has 5 nitrogen and oxygen atoms in total. The molecule has 1 amide bonds. The summed E-state index contributed by atoms with van der Waals surface area (Å²) in [6.45, 7) is 10.5. The molecular formula is C13H26N2O3. The van der Waals surface area contributed by atoms with Crippen LogP contribution in [-0.4, -0.2) is 64.9 Å². The zero-order valence-corrected chi connectivity index (χ0v) is 12.3. The second kappa shape index (κ2) is 5.45. The summed E-state index contributed by atoms with van der Waals surface area (Å²) in [6.07, 6.45) is -0.855. The molecule has 1 aliphatic rings. The number of rotatable bonds is 2. The van der Waals surface area contributed by atoms with Gasteiger partial charge in [0.1, 0.15) is 5.60 Å². The van der Waals surface area contributed by atoms with Gasteiger partial charge in [-0.3, -0.25) is 4.90 Å². The molecule has 1 fully saturated rings. The first-order valence-corrected chi connectivity index (χ1v) is 6.49. The van der Waals surface area contributed by atoms with Crippen LogP contribution in [0, 0.1) is 0 Å². The first-order valence-electron chi connectivity index (χ1n) is 6.49. The van der Waals surface area contributed by atoms with E-state index in [1.54, 1.807) is 4.90 Å². The molecule has 0 saturated carbocycles. The predicted molar refractivity (Wildman–Crippen MR) is 70.5 cm³/mol. The molecule has 0 bridgehead atoms. The molecule has 0 spiro atoms. The largest absolute Gasteiger partial charge is 0.444 e. The molecule has 18 heavy (non-hydrogen) atoms. The van der Waals surface area contributed by atoms with Gasteiger partial charge in [0.05, 0.1) is 18.7 Å². The van der Waals surface area contributed by atoms with Crippen LogP contribution in [0.4, 0.5) is 4.79 Å². The topological polar surface area (TPSA) is 53.0 Å². The fourth-order valence-electron chi connectivity index (χ4n) is 2.03. The molecule has 1 saturated heterocycles. The number of aliphatic hydroxyl groups is 1. The first kappa shape index (κ1) is 15.2. The second-order valence-electron chi connectivity index (χ2n) is 6.28. The number of carbonyl (C=O) groups is 1. The van der Waals surface area contributed by atoms with E-state index in [0.717, 1.165) is 0 Å². The molecule has 1 rings (SSSR count). The van der Waals surface area contributed by atoms with Crippen molar-refractivity contribution in [2.24, 2.45) is 0 Å². The van der Waals surface area contributed by atoms with Gasteiger partial charge in [0.25, 0.3) is 0 Å². The highest BCUT2D eigenvalue weighted by atomic mass is 16.6. The maximum atomic E-state index is 11.9. The maximum Gasteiger partial charge on any atom is 0.410 e. The molecule has 0 aromatic heterocycles. The lowest BCUT2D eigenvalue weighted by Gasteiger charge is -2.30. The highest BCUT2D eigenvalue weighted by Crippen LogP contribution is 2.19. The van der Waals surface area contributed by atoms with Crippen molar-refractivity contribution in [3.05, 3.63) is 0 Å². The summed E-state index contributed by atoms with van der Waals surface area (Å²) < 4.78 is 5.32. The monoisotopic (exact) mass is 258 g/mol. The van der Waals surface area contributed by atoms with Gasteiger partial charge in [-0.2, -0.15) is 0 Å². The Kier molecular flexibility index (Phi) is 4.61. The minimum atomic E-state index is -0.509. The Labute approximate surface area is 110 Å². The molecule has 106 valence electrons. The Morgan fingerprint density at radius 2 is 1.94 bits per heavy atom. The fourth-order valence-corrected chi connectivity index (χ4v) is 2.03. The van der Waals surface area contributed by atoms with Crippen LogP contribution in [0.25, 0.3) is 0 Å². The van der Waals surface area contributed by atoms with Crippen LogP contribution in [-0.2, 0) is 4.74 Å². The van der Waals surface area contributed by atoms with Crippen molar-refractivity contribution in [3.8, 4) is 0 Å². The third-order valence-corrected chi connectivity index (χ3v) is 3.25. The van der Waals surface area contributed by atoms with Crippen LogP contribution < -0.4 is 0 Å². The average Bonchev–Trinajstić information content (AvgIpc) is 2.56. The number of amides is 1. The first-order chi connectivity index (χ1) is 8.11. The molecular weight excluding hydrogens is 232 g/mol. The Bertz CT molecular complexity index is 299. The minimum Gasteiger partial charge on any atom is -0.444 e. The molecule has 0 aromatic rings. The van der Waals surface area contributed by atoms with Gasteiger partial charge in [0.2, 0.25) is 0 Å². The van der Waals surface area contributed by atoms with E-state index >= 15 is 0 Å². The third kappa shape index (κ3) is 3.85. The summed E-state index contributed by atoms with van der Waals surface area (Å²) in [5.41, 5.74) is -0.496. The number of ether oxygens (including phenoxy) is 1. The summed E-state index contributed by atoms with van der Waals surface area (Å²) in [5.74, 6) is 0. The normalized spacial score (nSPS) is 25.1. The lowest BCUT2D eigenvalue weighted by molar-refractivity contribution is 0.0269. The fraction of sp³-hybridized carbons (Fsp3) is 0.923. The Morgan fingerprint density at radius 3 is 2.39 bits per heavy atom. The predicted octanol–water partition coefficient (Wildman–Crippen LogP) is 1.31. The van der Waals surface area contributed by atoms with Crippen LogP contribution in [0.5, 0.6) is 0 Å². The van der Waals surface area contributed by atoms with Crippen LogP contribution >= 0.6 is 0 Å².